The molecule has 0 amide bonds. The van der Waals surface area contributed by atoms with Crippen molar-refractivity contribution in [2.75, 3.05) is 26.4 Å². The Morgan fingerprint density at radius 1 is 1.00 bits per heavy atom. The highest BCUT2D eigenvalue weighted by molar-refractivity contribution is 7.70. The van der Waals surface area contributed by atoms with Crippen molar-refractivity contribution in [1.29, 1.82) is 0 Å². The average Bonchev–Trinajstić information content (AvgIpc) is 2.32. The highest BCUT2D eigenvalue weighted by Gasteiger charge is 2.43. The molecule has 0 unspecified atom stereocenters. The third-order valence-electron chi connectivity index (χ3n) is 1.81. The van der Waals surface area contributed by atoms with E-state index < -0.39 is 27.2 Å². The second kappa shape index (κ2) is 11.2. The first-order chi connectivity index (χ1) is 9.19. The van der Waals surface area contributed by atoms with Gasteiger partial charge >= 0.3 is 15.2 Å². The molecule has 0 aliphatic heterocycles. The summed E-state index contributed by atoms with van der Waals surface area (Å²) in [6, 6.07) is 0. The minimum atomic E-state index is -4.93. The molecular formula is C8H19O10P2+. The summed E-state index contributed by atoms with van der Waals surface area (Å²) in [5, 5.41) is -2.16. The van der Waals surface area contributed by atoms with Crippen molar-refractivity contribution in [2.45, 2.75) is 11.8 Å². The van der Waals surface area contributed by atoms with Crippen LogP contribution in [0.1, 0.15) is 6.42 Å². The van der Waals surface area contributed by atoms with Crippen LogP contribution in [0.2, 0.25) is 0 Å². The van der Waals surface area contributed by atoms with E-state index in [0.29, 0.717) is 6.42 Å². The van der Waals surface area contributed by atoms with Crippen LogP contribution in [0.4, 0.5) is 0 Å². The second-order valence-corrected chi connectivity index (χ2v) is 7.33. The molecule has 0 aromatic carbocycles. The van der Waals surface area contributed by atoms with Crippen molar-refractivity contribution in [3.05, 3.63) is 0 Å². The molecule has 120 valence electrons. The van der Waals surface area contributed by atoms with Gasteiger partial charge in [0.15, 0.2) is 5.40 Å². The maximum absolute atomic E-state index is 10.8. The van der Waals surface area contributed by atoms with Crippen molar-refractivity contribution in [2.24, 2.45) is 0 Å². The first-order valence-electron chi connectivity index (χ1n) is 5.20. The van der Waals surface area contributed by atoms with Gasteiger partial charge in [0.05, 0.1) is 32.8 Å². The van der Waals surface area contributed by atoms with Crippen molar-refractivity contribution >= 4 is 28.3 Å². The van der Waals surface area contributed by atoms with Crippen molar-refractivity contribution in [3.8, 4) is 0 Å². The average molecular weight is 337 g/mol. The zero-order valence-electron chi connectivity index (χ0n) is 10.6. The van der Waals surface area contributed by atoms with Crippen molar-refractivity contribution < 1.29 is 47.8 Å². The van der Waals surface area contributed by atoms with Gasteiger partial charge in [0, 0.05) is 0 Å². The fourth-order valence-electron chi connectivity index (χ4n) is 0.935. The van der Waals surface area contributed by atoms with Gasteiger partial charge in [0.1, 0.15) is 6.79 Å². The quantitative estimate of drug-likeness (QED) is 0.170. The van der Waals surface area contributed by atoms with Gasteiger partial charge in [0.2, 0.25) is 0 Å². The Bertz CT molecular complexity index is 325. The van der Waals surface area contributed by atoms with Crippen LogP contribution in [0.5, 0.6) is 0 Å². The SMILES string of the molecule is C=O.O=P(O)(O)C(COCCOCCC=[OH+])P(=O)(O)O. The molecule has 0 saturated heterocycles. The van der Waals surface area contributed by atoms with E-state index in [1.54, 1.807) is 0 Å². The summed E-state index contributed by atoms with van der Waals surface area (Å²) >= 11 is 0. The molecule has 0 aromatic heterocycles. The lowest BCUT2D eigenvalue weighted by atomic mass is 10.5. The van der Waals surface area contributed by atoms with Crippen LogP contribution >= 0.6 is 15.2 Å². The number of ether oxygens (including phenoxy) is 2. The van der Waals surface area contributed by atoms with Crippen LogP contribution in [0.15, 0.2) is 0 Å². The molecule has 0 heterocycles. The monoisotopic (exact) mass is 337 g/mol. The minimum Gasteiger partial charge on any atom is -0.378 e. The third kappa shape index (κ3) is 11.4. The lowest BCUT2D eigenvalue weighted by molar-refractivity contribution is -0.0980. The van der Waals surface area contributed by atoms with E-state index in [2.05, 4.69) is 0 Å². The zero-order chi connectivity index (χ0) is 16.2. The molecule has 0 bridgehead atoms. The smallest absolute Gasteiger partial charge is 0.343 e. The fourth-order valence-corrected chi connectivity index (χ4v) is 3.10. The third-order valence-corrected chi connectivity index (χ3v) is 5.46. The Labute approximate surface area is 115 Å². The highest BCUT2D eigenvalue weighted by atomic mass is 31.2. The molecule has 10 nitrogen and oxygen atoms in total. The molecule has 0 rings (SSSR count). The first-order valence-corrected chi connectivity index (χ1v) is 8.56. The summed E-state index contributed by atoms with van der Waals surface area (Å²) in [5.74, 6) is 0. The van der Waals surface area contributed by atoms with Crippen LogP contribution < -0.4 is 0 Å². The van der Waals surface area contributed by atoms with Gasteiger partial charge in [-0.15, -0.1) is 0 Å². The molecule has 0 fully saturated rings. The number of hydrogen-bond acceptors (Lipinski definition) is 5. The molecule has 12 heteroatoms. The van der Waals surface area contributed by atoms with Gasteiger partial charge in [-0.25, -0.2) is 0 Å². The predicted molar refractivity (Wildman–Crippen MR) is 69.3 cm³/mol. The molecule has 0 atom stereocenters. The topological polar surface area (TPSA) is 172 Å². The van der Waals surface area contributed by atoms with E-state index in [-0.39, 0.29) is 19.8 Å². The number of aldehydes is 1. The van der Waals surface area contributed by atoms with Gasteiger partial charge in [-0.3, -0.25) is 13.9 Å². The van der Waals surface area contributed by atoms with E-state index in [9.17, 15) is 9.13 Å². The van der Waals surface area contributed by atoms with Crippen LogP contribution in [-0.4, -0.2) is 69.3 Å². The second-order valence-electron chi connectivity index (χ2n) is 3.32. The molecule has 0 aliphatic carbocycles. The summed E-state index contributed by atoms with van der Waals surface area (Å²) in [6.45, 7) is 1.51. The van der Waals surface area contributed by atoms with Crippen molar-refractivity contribution in [3.63, 3.8) is 0 Å². The Hall–Kier alpha value is -0.440. The van der Waals surface area contributed by atoms with E-state index >= 15 is 0 Å². The molecule has 0 radical (unpaired) electrons. The van der Waals surface area contributed by atoms with Gasteiger partial charge in [0.25, 0.3) is 6.29 Å². The standard InChI is InChI=1S/C7H16O9P2.CH2O/c8-2-1-3-15-4-5-16-6-7(17(9,10)11)18(12,13)14;1-2/h2,7H,1,3-6H2,(H2,9,10,11)(H2,12,13,14);1H2/p+1. The maximum Gasteiger partial charge on any atom is 0.343 e. The highest BCUT2D eigenvalue weighted by Crippen LogP contribution is 2.59. The molecule has 0 spiro atoms. The number of carbonyl (C=O) groups is 1. The number of rotatable bonds is 10. The minimum absolute atomic E-state index is 0.0675. The van der Waals surface area contributed by atoms with Crippen molar-refractivity contribution in [1.82, 2.24) is 0 Å². The van der Waals surface area contributed by atoms with Gasteiger partial charge in [-0.1, -0.05) is 0 Å². The molecule has 0 saturated carbocycles. The summed E-state index contributed by atoms with van der Waals surface area (Å²) < 4.78 is 31.4. The Balaban J connectivity index is 0. The van der Waals surface area contributed by atoms with E-state index in [4.69, 9.17) is 38.6 Å². The van der Waals surface area contributed by atoms with Crippen LogP contribution in [0, 0.1) is 0 Å². The van der Waals surface area contributed by atoms with Gasteiger partial charge in [-0.05, 0) is 0 Å². The molecule has 20 heavy (non-hydrogen) atoms. The normalized spacial score (nSPS) is 11.8. The first kappa shape index (κ1) is 21.9. The molecule has 5 N–H and O–H groups in total. The Morgan fingerprint density at radius 2 is 1.45 bits per heavy atom. The Morgan fingerprint density at radius 3 is 1.85 bits per heavy atom. The largest absolute Gasteiger partial charge is 0.378 e. The Kier molecular flexibility index (Phi) is 12.3. The number of hydrogen-bond donors (Lipinski definition) is 4. The van der Waals surface area contributed by atoms with E-state index in [0.717, 1.165) is 6.29 Å². The van der Waals surface area contributed by atoms with Crippen LogP contribution in [0.25, 0.3) is 0 Å². The lowest BCUT2D eigenvalue weighted by Crippen LogP contribution is -2.18. The molecule has 0 aromatic rings. The zero-order valence-corrected chi connectivity index (χ0v) is 12.4. The maximum atomic E-state index is 10.8. The fraction of sp³-hybridized carbons (Fsp3) is 0.750. The summed E-state index contributed by atoms with van der Waals surface area (Å²) in [6.07, 6.45) is 1.24. The summed E-state index contributed by atoms with van der Waals surface area (Å²) in [7, 11) is -9.86. The van der Waals surface area contributed by atoms with Crippen LogP contribution in [-0.2, 0) is 23.4 Å². The van der Waals surface area contributed by atoms with E-state index in [1.807, 2.05) is 6.79 Å². The summed E-state index contributed by atoms with van der Waals surface area (Å²) in [4.78, 5) is 51.4. The van der Waals surface area contributed by atoms with E-state index in [1.165, 1.54) is 0 Å². The predicted octanol–water partition coefficient (Wildman–Crippen LogP) is -0.919. The van der Waals surface area contributed by atoms with Gasteiger partial charge < -0.3 is 33.8 Å². The molecule has 0 aliphatic rings. The lowest BCUT2D eigenvalue weighted by Gasteiger charge is -2.19. The molecular weight excluding hydrogens is 318 g/mol. The summed E-state index contributed by atoms with van der Waals surface area (Å²) in [5.41, 5.74) is 0. The van der Waals surface area contributed by atoms with Gasteiger partial charge in [-0.2, -0.15) is 0 Å². The van der Waals surface area contributed by atoms with Crippen LogP contribution in [0.3, 0.4) is 0 Å². The number of carbonyl (C=O) groups excluding carboxylic acids is 2.